The monoisotopic (exact) mass is 422 g/mol. The second-order valence-corrected chi connectivity index (χ2v) is 8.65. The lowest BCUT2D eigenvalue weighted by Crippen LogP contribution is -2.30. The van der Waals surface area contributed by atoms with E-state index in [9.17, 15) is 14.4 Å². The minimum Gasteiger partial charge on any atom is -0.481 e. The fraction of sp³-hybridized carbons (Fsp3) is 0.850. The summed E-state index contributed by atoms with van der Waals surface area (Å²) in [7, 11) is 1.58. The van der Waals surface area contributed by atoms with Crippen molar-refractivity contribution in [1.29, 1.82) is 0 Å². The molecule has 8 heteroatoms. The Balaban J connectivity index is 0. The largest absolute Gasteiger partial charge is 0.481 e. The van der Waals surface area contributed by atoms with Gasteiger partial charge in [0.05, 0.1) is 31.0 Å². The zero-order valence-electron chi connectivity index (χ0n) is 18.4. The number of carbonyl (C=O) groups excluding carboxylic acids is 2. The fourth-order valence-corrected chi connectivity index (χ4v) is 2.61. The summed E-state index contributed by atoms with van der Waals surface area (Å²) in [6.45, 7) is 12.7. The molecule has 166 valence electrons. The smallest absolute Gasteiger partial charge is 0.312 e. The summed E-state index contributed by atoms with van der Waals surface area (Å²) in [6, 6.07) is 0. The van der Waals surface area contributed by atoms with Crippen LogP contribution in [0.4, 0.5) is 0 Å². The molecule has 0 rings (SSSR count). The van der Waals surface area contributed by atoms with Crippen molar-refractivity contribution in [3.05, 3.63) is 0 Å². The van der Waals surface area contributed by atoms with Gasteiger partial charge in [-0.1, -0.05) is 27.7 Å². The number of methoxy groups -OCH3 is 1. The van der Waals surface area contributed by atoms with Gasteiger partial charge in [0.15, 0.2) is 0 Å². The Bertz CT molecular complexity index is 450. The Morgan fingerprint density at radius 1 is 1.07 bits per heavy atom. The van der Waals surface area contributed by atoms with Crippen LogP contribution in [0, 0.1) is 17.3 Å². The molecule has 0 aromatic heterocycles. The van der Waals surface area contributed by atoms with E-state index in [0.717, 1.165) is 6.42 Å². The molecule has 0 radical (unpaired) electrons. The average molecular weight is 423 g/mol. The summed E-state index contributed by atoms with van der Waals surface area (Å²) in [6.07, 6.45) is 0.952. The summed E-state index contributed by atoms with van der Waals surface area (Å²) < 4.78 is 14.8. The molecule has 0 aliphatic rings. The minimum absolute atomic E-state index is 0.00635. The number of carbonyl (C=O) groups is 3. The Morgan fingerprint density at radius 3 is 2.14 bits per heavy atom. The molecular weight excluding hydrogens is 384 g/mol. The van der Waals surface area contributed by atoms with Crippen molar-refractivity contribution >= 4 is 29.7 Å². The molecule has 0 heterocycles. The van der Waals surface area contributed by atoms with E-state index in [1.54, 1.807) is 7.11 Å². The Hall–Kier alpha value is -1.28. The van der Waals surface area contributed by atoms with Crippen LogP contribution < -0.4 is 0 Å². The molecule has 0 saturated carbocycles. The third-order valence-corrected chi connectivity index (χ3v) is 4.99. The van der Waals surface area contributed by atoms with Crippen LogP contribution in [0.5, 0.6) is 0 Å². The number of rotatable bonds is 13. The van der Waals surface area contributed by atoms with E-state index in [-0.39, 0.29) is 24.3 Å². The van der Waals surface area contributed by atoms with E-state index < -0.39 is 11.4 Å². The maximum atomic E-state index is 11.7. The van der Waals surface area contributed by atoms with Crippen LogP contribution in [0.15, 0.2) is 0 Å². The summed E-state index contributed by atoms with van der Waals surface area (Å²) in [5.74, 6) is 0.283. The highest BCUT2D eigenvalue weighted by Crippen LogP contribution is 2.24. The average Bonchev–Trinajstić information content (AvgIpc) is 2.62. The van der Waals surface area contributed by atoms with E-state index in [4.69, 9.17) is 19.3 Å². The Kier molecular flexibility index (Phi) is 17.2. The quantitative estimate of drug-likeness (QED) is 0.355. The highest BCUT2D eigenvalue weighted by Gasteiger charge is 2.29. The third kappa shape index (κ3) is 16.9. The van der Waals surface area contributed by atoms with Gasteiger partial charge in [0.2, 0.25) is 0 Å². The predicted octanol–water partition coefficient (Wildman–Crippen LogP) is 3.64. The Labute approximate surface area is 173 Å². The molecule has 0 bridgehead atoms. The van der Waals surface area contributed by atoms with Gasteiger partial charge in [0.1, 0.15) is 6.61 Å². The van der Waals surface area contributed by atoms with Gasteiger partial charge in [-0.3, -0.25) is 14.4 Å². The number of carboxylic acid groups (broad SMARTS) is 1. The molecule has 1 N–H and O–H groups in total. The topological polar surface area (TPSA) is 99.1 Å². The van der Waals surface area contributed by atoms with Crippen LogP contribution in [0.3, 0.4) is 0 Å². The van der Waals surface area contributed by atoms with Crippen LogP contribution in [0.2, 0.25) is 0 Å². The minimum atomic E-state index is -0.808. The molecule has 0 aliphatic carbocycles. The van der Waals surface area contributed by atoms with E-state index in [1.165, 1.54) is 11.8 Å². The third-order valence-electron chi connectivity index (χ3n) is 3.57. The second kappa shape index (κ2) is 16.7. The number of carboxylic acids is 1. The molecule has 0 aromatic carbocycles. The van der Waals surface area contributed by atoms with E-state index in [0.29, 0.717) is 37.2 Å². The first-order chi connectivity index (χ1) is 13.0. The molecular formula is C20H38O7S. The van der Waals surface area contributed by atoms with Crippen molar-refractivity contribution in [1.82, 2.24) is 0 Å². The van der Waals surface area contributed by atoms with Crippen LogP contribution >= 0.6 is 11.8 Å². The fourth-order valence-electron chi connectivity index (χ4n) is 1.52. The molecule has 0 aromatic rings. The van der Waals surface area contributed by atoms with Gasteiger partial charge in [-0.05, 0) is 26.2 Å². The molecule has 7 nitrogen and oxygen atoms in total. The van der Waals surface area contributed by atoms with Gasteiger partial charge >= 0.3 is 17.9 Å². The van der Waals surface area contributed by atoms with Gasteiger partial charge in [0, 0.05) is 18.6 Å². The van der Waals surface area contributed by atoms with Crippen molar-refractivity contribution in [2.24, 2.45) is 17.3 Å². The van der Waals surface area contributed by atoms with Crippen molar-refractivity contribution in [3.63, 3.8) is 0 Å². The maximum Gasteiger partial charge on any atom is 0.312 e. The summed E-state index contributed by atoms with van der Waals surface area (Å²) in [4.78, 5) is 33.0. The van der Waals surface area contributed by atoms with Gasteiger partial charge < -0.3 is 19.3 Å². The van der Waals surface area contributed by atoms with Crippen molar-refractivity contribution in [3.8, 4) is 0 Å². The molecule has 0 amide bonds. The van der Waals surface area contributed by atoms with E-state index in [1.807, 2.05) is 41.5 Å². The van der Waals surface area contributed by atoms with Crippen molar-refractivity contribution in [2.45, 2.75) is 54.4 Å². The number of hydrogen-bond acceptors (Lipinski definition) is 7. The molecule has 0 saturated heterocycles. The molecule has 0 spiro atoms. The SMILES string of the molecule is CC(C)COC(=O)C(C)(C)CSCCC(=O)O.CCC(C)C(=O)OCCOC. The van der Waals surface area contributed by atoms with Gasteiger partial charge in [-0.2, -0.15) is 11.8 Å². The van der Waals surface area contributed by atoms with Gasteiger partial charge in [-0.15, -0.1) is 0 Å². The van der Waals surface area contributed by atoms with Gasteiger partial charge in [0.25, 0.3) is 0 Å². The number of aliphatic carboxylic acids is 1. The number of esters is 2. The number of thioether (sulfide) groups is 1. The highest BCUT2D eigenvalue weighted by molar-refractivity contribution is 7.99. The summed E-state index contributed by atoms with van der Waals surface area (Å²) >= 11 is 1.47. The second-order valence-electron chi connectivity index (χ2n) is 7.54. The molecule has 28 heavy (non-hydrogen) atoms. The highest BCUT2D eigenvalue weighted by atomic mass is 32.2. The standard InChI is InChI=1S/C12H22O4S.C8H16O3/c1-9(2)7-16-11(15)12(3,4)8-17-6-5-10(13)14;1-4-7(2)8(9)11-6-5-10-3/h9H,5-8H2,1-4H3,(H,13,14);7H,4-6H2,1-3H3. The summed E-state index contributed by atoms with van der Waals surface area (Å²) in [5.41, 5.74) is -0.557. The molecule has 1 unspecified atom stereocenters. The van der Waals surface area contributed by atoms with Crippen molar-refractivity contribution in [2.75, 3.05) is 38.4 Å². The molecule has 1 atom stereocenters. The van der Waals surface area contributed by atoms with Crippen LogP contribution in [-0.2, 0) is 28.6 Å². The zero-order chi connectivity index (χ0) is 22.2. The molecule has 0 fully saturated rings. The first kappa shape index (κ1) is 28.9. The van der Waals surface area contributed by atoms with Gasteiger partial charge in [-0.25, -0.2) is 0 Å². The number of ether oxygens (including phenoxy) is 3. The van der Waals surface area contributed by atoms with Crippen LogP contribution in [-0.4, -0.2) is 61.5 Å². The van der Waals surface area contributed by atoms with Crippen LogP contribution in [0.1, 0.15) is 54.4 Å². The predicted molar refractivity (Wildman–Crippen MR) is 111 cm³/mol. The Morgan fingerprint density at radius 2 is 1.68 bits per heavy atom. The molecule has 0 aliphatic heterocycles. The number of hydrogen-bond donors (Lipinski definition) is 1. The maximum absolute atomic E-state index is 11.7. The van der Waals surface area contributed by atoms with Crippen molar-refractivity contribution < 1.29 is 33.7 Å². The summed E-state index contributed by atoms with van der Waals surface area (Å²) in [5, 5.41) is 8.49. The lowest BCUT2D eigenvalue weighted by Gasteiger charge is -2.22. The van der Waals surface area contributed by atoms with Crippen LogP contribution in [0.25, 0.3) is 0 Å². The lowest BCUT2D eigenvalue weighted by atomic mass is 9.97. The van der Waals surface area contributed by atoms with E-state index >= 15 is 0 Å². The first-order valence-electron chi connectivity index (χ1n) is 9.60. The normalized spacial score (nSPS) is 12.0. The zero-order valence-corrected chi connectivity index (χ0v) is 19.2. The van der Waals surface area contributed by atoms with E-state index in [2.05, 4.69) is 0 Å². The lowest BCUT2D eigenvalue weighted by molar-refractivity contribution is -0.153. The first-order valence-corrected chi connectivity index (χ1v) is 10.8.